The van der Waals surface area contributed by atoms with Crippen LogP contribution in [0.5, 0.6) is 0 Å². The van der Waals surface area contributed by atoms with Gasteiger partial charge in [0, 0.05) is 30.9 Å². The Balaban J connectivity index is 2.48. The van der Waals surface area contributed by atoms with E-state index in [9.17, 15) is 9.18 Å². The average Bonchev–Trinajstić information content (AvgIpc) is 2.32. The Morgan fingerprint density at radius 3 is 2.55 bits per heavy atom. The van der Waals surface area contributed by atoms with E-state index in [1.807, 2.05) is 26.8 Å². The number of likely N-dealkylation sites (tertiary alicyclic amines) is 1. The molecule has 0 aromatic carbocycles. The molecular weight excluding hydrogens is 255 g/mol. The van der Waals surface area contributed by atoms with Gasteiger partial charge in [-0.1, -0.05) is 6.58 Å². The molecule has 0 aliphatic carbocycles. The molecule has 1 saturated heterocycles. The van der Waals surface area contributed by atoms with Gasteiger partial charge in [-0.3, -0.25) is 14.1 Å². The minimum atomic E-state index is -0.243. The largest absolute Gasteiger partial charge is 0.383 e. The summed E-state index contributed by atoms with van der Waals surface area (Å²) in [5.41, 5.74) is 3.40. The maximum absolute atomic E-state index is 12.0. The van der Waals surface area contributed by atoms with E-state index in [1.54, 1.807) is 0 Å². The number of nitrogens with zero attached hydrogens (tertiary/aromatic N) is 1. The Morgan fingerprint density at radius 2 is 2.05 bits per heavy atom. The zero-order chi connectivity index (χ0) is 15.1. The first kappa shape index (κ1) is 16.6. The van der Waals surface area contributed by atoms with Crippen molar-refractivity contribution in [1.82, 2.24) is 10.2 Å². The van der Waals surface area contributed by atoms with Crippen LogP contribution in [-0.4, -0.2) is 43.5 Å². The lowest BCUT2D eigenvalue weighted by molar-refractivity contribution is -0.104. The summed E-state index contributed by atoms with van der Waals surface area (Å²) in [6.45, 7) is 12.0. The van der Waals surface area contributed by atoms with Crippen molar-refractivity contribution in [3.63, 3.8) is 0 Å². The molecule has 1 aliphatic heterocycles. The van der Waals surface area contributed by atoms with E-state index in [4.69, 9.17) is 0 Å². The van der Waals surface area contributed by atoms with Gasteiger partial charge >= 0.3 is 0 Å². The second kappa shape index (κ2) is 8.00. The van der Waals surface area contributed by atoms with E-state index in [-0.39, 0.29) is 6.67 Å². The zero-order valence-electron chi connectivity index (χ0n) is 12.7. The van der Waals surface area contributed by atoms with Gasteiger partial charge in [-0.2, -0.15) is 0 Å². The molecule has 0 spiro atoms. The van der Waals surface area contributed by atoms with Crippen LogP contribution < -0.4 is 5.32 Å². The Labute approximate surface area is 121 Å². The van der Waals surface area contributed by atoms with Gasteiger partial charge in [0.15, 0.2) is 6.29 Å². The van der Waals surface area contributed by atoms with Gasteiger partial charge in [-0.15, -0.1) is 0 Å². The first-order chi connectivity index (χ1) is 9.47. The van der Waals surface area contributed by atoms with Gasteiger partial charge in [-0.25, -0.2) is 0 Å². The second-order valence-corrected chi connectivity index (χ2v) is 5.47. The molecule has 0 radical (unpaired) electrons. The topological polar surface area (TPSA) is 32.3 Å². The van der Waals surface area contributed by atoms with Crippen LogP contribution in [0.2, 0.25) is 0 Å². The highest BCUT2D eigenvalue weighted by molar-refractivity contribution is 5.81. The lowest BCUT2D eigenvalue weighted by Gasteiger charge is -2.40. The SMILES string of the molecule is C=C(C)/C(C=O)=C(C)\C=C(/C)NC1CN(CCCF)C1. The fraction of sp³-hybridized carbons (Fsp3) is 0.562. The molecule has 0 aromatic rings. The third-order valence-electron chi connectivity index (χ3n) is 3.43. The molecule has 1 aliphatic rings. The molecule has 0 bridgehead atoms. The maximum Gasteiger partial charge on any atom is 0.150 e. The summed E-state index contributed by atoms with van der Waals surface area (Å²) in [5, 5.41) is 3.42. The fourth-order valence-corrected chi connectivity index (χ4v) is 2.42. The molecule has 20 heavy (non-hydrogen) atoms. The van der Waals surface area contributed by atoms with Crippen LogP contribution in [0.3, 0.4) is 0 Å². The predicted octanol–water partition coefficient (Wildman–Crippen LogP) is 2.62. The Bertz CT molecular complexity index is 420. The van der Waals surface area contributed by atoms with E-state index < -0.39 is 0 Å². The summed E-state index contributed by atoms with van der Waals surface area (Å²) >= 11 is 0. The number of allylic oxidation sites excluding steroid dienone is 5. The number of carbonyl (C=O) groups is 1. The smallest absolute Gasteiger partial charge is 0.150 e. The number of alkyl halides is 1. The summed E-state index contributed by atoms with van der Waals surface area (Å²) in [6, 6.07) is 0.420. The van der Waals surface area contributed by atoms with Crippen LogP contribution in [0.1, 0.15) is 27.2 Å². The van der Waals surface area contributed by atoms with Crippen molar-refractivity contribution in [1.29, 1.82) is 0 Å². The van der Waals surface area contributed by atoms with Gasteiger partial charge in [0.1, 0.15) is 0 Å². The summed E-state index contributed by atoms with van der Waals surface area (Å²) in [5.74, 6) is 0. The summed E-state index contributed by atoms with van der Waals surface area (Å²) in [6.07, 6.45) is 3.44. The first-order valence-corrected chi connectivity index (χ1v) is 7.03. The van der Waals surface area contributed by atoms with E-state index in [0.717, 1.165) is 42.8 Å². The van der Waals surface area contributed by atoms with E-state index in [2.05, 4.69) is 16.8 Å². The van der Waals surface area contributed by atoms with Crippen molar-refractivity contribution in [3.05, 3.63) is 35.1 Å². The van der Waals surface area contributed by atoms with E-state index in [0.29, 0.717) is 18.0 Å². The monoisotopic (exact) mass is 280 g/mol. The van der Waals surface area contributed by atoms with Crippen LogP contribution in [0.25, 0.3) is 0 Å². The van der Waals surface area contributed by atoms with Crippen molar-refractivity contribution >= 4 is 6.29 Å². The molecular formula is C16H25FN2O. The minimum Gasteiger partial charge on any atom is -0.383 e. The van der Waals surface area contributed by atoms with Crippen LogP contribution in [0.15, 0.2) is 35.1 Å². The van der Waals surface area contributed by atoms with Crippen molar-refractivity contribution in [2.24, 2.45) is 0 Å². The van der Waals surface area contributed by atoms with Crippen molar-refractivity contribution in [2.75, 3.05) is 26.3 Å². The third kappa shape index (κ3) is 4.93. The first-order valence-electron chi connectivity index (χ1n) is 7.03. The third-order valence-corrected chi connectivity index (χ3v) is 3.43. The highest BCUT2D eigenvalue weighted by Crippen LogP contribution is 2.14. The number of hydrogen-bond donors (Lipinski definition) is 1. The van der Waals surface area contributed by atoms with Crippen molar-refractivity contribution in [2.45, 2.75) is 33.2 Å². The summed E-state index contributed by atoms with van der Waals surface area (Å²) < 4.78 is 12.0. The van der Waals surface area contributed by atoms with Crippen molar-refractivity contribution in [3.8, 4) is 0 Å². The summed E-state index contributed by atoms with van der Waals surface area (Å²) in [7, 11) is 0. The van der Waals surface area contributed by atoms with Crippen LogP contribution in [-0.2, 0) is 4.79 Å². The number of hydrogen-bond acceptors (Lipinski definition) is 3. The average molecular weight is 280 g/mol. The number of carbonyl (C=O) groups excluding carboxylic acids is 1. The van der Waals surface area contributed by atoms with Gasteiger partial charge in [0.25, 0.3) is 0 Å². The second-order valence-electron chi connectivity index (χ2n) is 5.47. The molecule has 112 valence electrons. The zero-order valence-corrected chi connectivity index (χ0v) is 12.7. The van der Waals surface area contributed by atoms with E-state index >= 15 is 0 Å². The molecule has 0 saturated carbocycles. The van der Waals surface area contributed by atoms with Crippen LogP contribution in [0.4, 0.5) is 4.39 Å². The molecule has 0 amide bonds. The van der Waals surface area contributed by atoms with Crippen molar-refractivity contribution < 1.29 is 9.18 Å². The Morgan fingerprint density at radius 1 is 1.40 bits per heavy atom. The lowest BCUT2D eigenvalue weighted by Crippen LogP contribution is -2.57. The molecule has 0 atom stereocenters. The maximum atomic E-state index is 12.0. The van der Waals surface area contributed by atoms with E-state index in [1.165, 1.54) is 0 Å². The molecule has 3 nitrogen and oxygen atoms in total. The molecule has 1 fully saturated rings. The molecule has 0 unspecified atom stereocenters. The summed E-state index contributed by atoms with van der Waals surface area (Å²) in [4.78, 5) is 13.2. The lowest BCUT2D eigenvalue weighted by atomic mass is 10.0. The fourth-order valence-electron chi connectivity index (χ4n) is 2.42. The number of rotatable bonds is 8. The number of halogens is 1. The Kier molecular flexibility index (Phi) is 6.65. The predicted molar refractivity (Wildman–Crippen MR) is 81.3 cm³/mol. The minimum absolute atomic E-state index is 0.243. The quantitative estimate of drug-likeness (QED) is 0.421. The van der Waals surface area contributed by atoms with Gasteiger partial charge in [0.05, 0.1) is 12.7 Å². The molecule has 1 N–H and O–H groups in total. The van der Waals surface area contributed by atoms with Gasteiger partial charge < -0.3 is 5.32 Å². The highest BCUT2D eigenvalue weighted by Gasteiger charge is 2.25. The number of aldehydes is 1. The molecule has 1 heterocycles. The van der Waals surface area contributed by atoms with Gasteiger partial charge in [-0.05, 0) is 44.4 Å². The van der Waals surface area contributed by atoms with Crippen LogP contribution in [0, 0.1) is 0 Å². The standard InChI is InChI=1S/C16H25FN2O/c1-12(2)16(11-20)13(3)8-14(4)18-15-9-19(10-15)7-5-6-17/h8,11,15,18H,1,5-7,9-10H2,2-4H3/b14-8+,16-13-. The van der Waals surface area contributed by atoms with Gasteiger partial charge in [0.2, 0.25) is 0 Å². The highest BCUT2D eigenvalue weighted by atomic mass is 19.1. The Hall–Kier alpha value is -1.42. The molecule has 4 heteroatoms. The molecule has 1 rings (SSSR count). The van der Waals surface area contributed by atoms with Crippen LogP contribution >= 0.6 is 0 Å². The normalized spacial score (nSPS) is 18.3. The number of nitrogens with one attached hydrogen (secondary N) is 1. The molecule has 0 aromatic heterocycles.